The first kappa shape index (κ1) is 11.5. The van der Waals surface area contributed by atoms with Gasteiger partial charge < -0.3 is 4.74 Å². The minimum absolute atomic E-state index is 0.180. The van der Waals surface area contributed by atoms with Crippen molar-refractivity contribution in [1.82, 2.24) is 4.90 Å². The molecule has 0 aromatic rings. The van der Waals surface area contributed by atoms with Crippen LogP contribution >= 0.6 is 0 Å². The third kappa shape index (κ3) is 2.71. The molecule has 82 valence electrons. The largest absolute Gasteiger partial charge is 0.466 e. The van der Waals surface area contributed by atoms with E-state index in [0.29, 0.717) is 18.7 Å². The highest BCUT2D eigenvalue weighted by atomic mass is 16.5. The lowest BCUT2D eigenvalue weighted by molar-refractivity contribution is -0.141. The molecule has 0 amide bonds. The van der Waals surface area contributed by atoms with Gasteiger partial charge in [0, 0.05) is 24.5 Å². The molecule has 1 rings (SSSR count). The van der Waals surface area contributed by atoms with Crippen LogP contribution in [-0.2, 0) is 9.53 Å². The SMILES string of the molecule is CC(=O)OCC[C@H]1[C@@H](C)N1C(C)(C)C. The zero-order valence-corrected chi connectivity index (χ0v) is 9.83. The minimum atomic E-state index is -0.180. The molecule has 0 aliphatic carbocycles. The van der Waals surface area contributed by atoms with Crippen LogP contribution in [0, 0.1) is 0 Å². The maximum Gasteiger partial charge on any atom is 0.302 e. The van der Waals surface area contributed by atoms with Crippen molar-refractivity contribution in [2.45, 2.75) is 58.7 Å². The molecule has 0 radical (unpaired) electrons. The Bertz CT molecular complexity index is 220. The number of carbonyl (C=O) groups is 1. The predicted molar refractivity (Wildman–Crippen MR) is 56.1 cm³/mol. The summed E-state index contributed by atoms with van der Waals surface area (Å²) in [7, 11) is 0. The van der Waals surface area contributed by atoms with Gasteiger partial charge in [0.15, 0.2) is 0 Å². The van der Waals surface area contributed by atoms with Crippen LogP contribution in [0.25, 0.3) is 0 Å². The number of esters is 1. The lowest BCUT2D eigenvalue weighted by atomic mass is 10.1. The zero-order valence-electron chi connectivity index (χ0n) is 9.83. The van der Waals surface area contributed by atoms with E-state index in [1.165, 1.54) is 6.92 Å². The maximum absolute atomic E-state index is 10.6. The third-order valence-corrected chi connectivity index (χ3v) is 2.76. The van der Waals surface area contributed by atoms with Crippen LogP contribution in [0.15, 0.2) is 0 Å². The fraction of sp³-hybridized carbons (Fsp3) is 0.909. The molecule has 1 unspecified atom stereocenters. The van der Waals surface area contributed by atoms with E-state index in [-0.39, 0.29) is 11.5 Å². The van der Waals surface area contributed by atoms with Gasteiger partial charge >= 0.3 is 5.97 Å². The smallest absolute Gasteiger partial charge is 0.302 e. The van der Waals surface area contributed by atoms with Crippen LogP contribution in [0.1, 0.15) is 41.0 Å². The van der Waals surface area contributed by atoms with Crippen molar-refractivity contribution in [1.29, 1.82) is 0 Å². The second-order valence-electron chi connectivity index (χ2n) is 5.01. The highest BCUT2D eigenvalue weighted by Crippen LogP contribution is 2.38. The van der Waals surface area contributed by atoms with Crippen molar-refractivity contribution < 1.29 is 9.53 Å². The Morgan fingerprint density at radius 3 is 2.36 bits per heavy atom. The molecule has 1 saturated heterocycles. The quantitative estimate of drug-likeness (QED) is 0.513. The first-order valence-corrected chi connectivity index (χ1v) is 5.26. The van der Waals surface area contributed by atoms with Crippen LogP contribution in [0.5, 0.6) is 0 Å². The molecule has 0 saturated carbocycles. The van der Waals surface area contributed by atoms with Gasteiger partial charge in [-0.15, -0.1) is 0 Å². The molecule has 14 heavy (non-hydrogen) atoms. The standard InChI is InChI=1S/C11H21NO2/c1-8-10(6-7-14-9(2)13)12(8)11(3,4)5/h8,10H,6-7H2,1-5H3/t8-,10+,12?/m1/s1. The monoisotopic (exact) mass is 199 g/mol. The summed E-state index contributed by atoms with van der Waals surface area (Å²) in [6.45, 7) is 10.9. The first-order valence-electron chi connectivity index (χ1n) is 5.26. The van der Waals surface area contributed by atoms with Crippen molar-refractivity contribution in [3.63, 3.8) is 0 Å². The molecule has 3 nitrogen and oxygen atoms in total. The Labute approximate surface area is 86.4 Å². The Balaban J connectivity index is 2.26. The minimum Gasteiger partial charge on any atom is -0.466 e. The summed E-state index contributed by atoms with van der Waals surface area (Å²) in [5.41, 5.74) is 0.236. The Morgan fingerprint density at radius 1 is 1.43 bits per heavy atom. The Hall–Kier alpha value is -0.570. The van der Waals surface area contributed by atoms with Crippen LogP contribution in [-0.4, -0.2) is 35.1 Å². The summed E-state index contributed by atoms with van der Waals surface area (Å²) in [5.74, 6) is -0.180. The van der Waals surface area contributed by atoms with Crippen molar-refractivity contribution in [2.24, 2.45) is 0 Å². The molecule has 3 heteroatoms. The number of ether oxygens (including phenoxy) is 1. The van der Waals surface area contributed by atoms with Crippen LogP contribution in [0.4, 0.5) is 0 Å². The van der Waals surface area contributed by atoms with Gasteiger partial charge in [0.1, 0.15) is 0 Å². The zero-order chi connectivity index (χ0) is 10.9. The van der Waals surface area contributed by atoms with E-state index in [1.54, 1.807) is 0 Å². The summed E-state index contributed by atoms with van der Waals surface area (Å²) < 4.78 is 4.94. The molecule has 1 aliphatic heterocycles. The predicted octanol–water partition coefficient (Wildman–Crippen LogP) is 1.81. The normalized spacial score (nSPS) is 31.4. The van der Waals surface area contributed by atoms with E-state index >= 15 is 0 Å². The summed E-state index contributed by atoms with van der Waals surface area (Å²) in [6.07, 6.45) is 0.956. The Kier molecular flexibility index (Phi) is 3.20. The molecule has 0 aromatic heterocycles. The number of hydrogen-bond acceptors (Lipinski definition) is 3. The van der Waals surface area contributed by atoms with E-state index in [9.17, 15) is 4.79 Å². The Morgan fingerprint density at radius 2 is 2.00 bits per heavy atom. The van der Waals surface area contributed by atoms with Crippen LogP contribution in [0.2, 0.25) is 0 Å². The van der Waals surface area contributed by atoms with Gasteiger partial charge in [-0.1, -0.05) is 0 Å². The van der Waals surface area contributed by atoms with Gasteiger partial charge in [-0.2, -0.15) is 0 Å². The fourth-order valence-electron chi connectivity index (χ4n) is 2.22. The highest BCUT2D eigenvalue weighted by molar-refractivity contribution is 5.65. The van der Waals surface area contributed by atoms with Gasteiger partial charge in [-0.3, -0.25) is 9.69 Å². The summed E-state index contributed by atoms with van der Waals surface area (Å²) in [4.78, 5) is 13.0. The van der Waals surface area contributed by atoms with Crippen LogP contribution in [0.3, 0.4) is 0 Å². The molecule has 0 bridgehead atoms. The molecule has 0 spiro atoms. The molecule has 1 aliphatic rings. The fourth-order valence-corrected chi connectivity index (χ4v) is 2.22. The van der Waals surface area contributed by atoms with E-state index < -0.39 is 0 Å². The van der Waals surface area contributed by atoms with Crippen molar-refractivity contribution in [3.8, 4) is 0 Å². The van der Waals surface area contributed by atoms with Gasteiger partial charge in [0.05, 0.1) is 6.61 Å². The average Bonchev–Trinajstić information content (AvgIpc) is 2.59. The molecular weight excluding hydrogens is 178 g/mol. The van der Waals surface area contributed by atoms with Gasteiger partial charge in [-0.05, 0) is 34.1 Å². The second kappa shape index (κ2) is 3.89. The number of carbonyl (C=O) groups excluding carboxylic acids is 1. The lowest BCUT2D eigenvalue weighted by Gasteiger charge is -2.22. The molecule has 1 heterocycles. The van der Waals surface area contributed by atoms with Crippen LogP contribution < -0.4 is 0 Å². The number of hydrogen-bond donors (Lipinski definition) is 0. The molecular formula is C11H21NO2. The van der Waals surface area contributed by atoms with Gasteiger partial charge in [0.25, 0.3) is 0 Å². The molecule has 1 fully saturated rings. The average molecular weight is 199 g/mol. The maximum atomic E-state index is 10.6. The molecule has 3 atom stereocenters. The number of rotatable bonds is 3. The van der Waals surface area contributed by atoms with E-state index in [2.05, 4.69) is 32.6 Å². The first-order chi connectivity index (χ1) is 6.34. The highest BCUT2D eigenvalue weighted by Gasteiger charge is 2.49. The van der Waals surface area contributed by atoms with Crippen molar-refractivity contribution >= 4 is 5.97 Å². The summed E-state index contributed by atoms with van der Waals surface area (Å²) in [5, 5.41) is 0. The summed E-state index contributed by atoms with van der Waals surface area (Å²) in [6, 6.07) is 1.22. The van der Waals surface area contributed by atoms with E-state index in [0.717, 1.165) is 6.42 Å². The van der Waals surface area contributed by atoms with Crippen molar-refractivity contribution in [2.75, 3.05) is 6.61 Å². The lowest BCUT2D eigenvalue weighted by Crippen LogP contribution is -2.28. The second-order valence-corrected chi connectivity index (χ2v) is 5.01. The van der Waals surface area contributed by atoms with Gasteiger partial charge in [-0.25, -0.2) is 0 Å². The van der Waals surface area contributed by atoms with Crippen molar-refractivity contribution in [3.05, 3.63) is 0 Å². The molecule has 0 N–H and O–H groups in total. The topological polar surface area (TPSA) is 29.3 Å². The summed E-state index contributed by atoms with van der Waals surface area (Å²) >= 11 is 0. The van der Waals surface area contributed by atoms with E-state index in [1.807, 2.05) is 0 Å². The number of nitrogens with zero attached hydrogens (tertiary/aromatic N) is 1. The third-order valence-electron chi connectivity index (χ3n) is 2.76. The van der Waals surface area contributed by atoms with E-state index in [4.69, 9.17) is 4.74 Å². The molecule has 0 aromatic carbocycles. The van der Waals surface area contributed by atoms with Gasteiger partial charge in [0.2, 0.25) is 0 Å².